The predicted octanol–water partition coefficient (Wildman–Crippen LogP) is 5.36. The summed E-state index contributed by atoms with van der Waals surface area (Å²) in [5.74, 6) is 1.36. The number of aromatic nitrogens is 2. The fraction of sp³-hybridized carbons (Fsp3) is 0.486. The lowest BCUT2D eigenvalue weighted by atomic mass is 9.97. The Bertz CT molecular complexity index is 1770. The van der Waals surface area contributed by atoms with Crippen LogP contribution in [0.1, 0.15) is 51.4 Å². The topological polar surface area (TPSA) is 102 Å². The number of likely N-dealkylation sites (tertiary alicyclic amines) is 2. The number of benzene rings is 3. The van der Waals surface area contributed by atoms with Gasteiger partial charge in [0, 0.05) is 43.0 Å². The summed E-state index contributed by atoms with van der Waals surface area (Å²) in [6.07, 6.45) is 7.12. The molecule has 3 aliphatic heterocycles. The minimum absolute atomic E-state index is 0.0884. The number of rotatable bonds is 7. The first-order chi connectivity index (χ1) is 22.4. The molecule has 240 valence electrons. The molecule has 4 aromatic rings. The number of amides is 1. The minimum Gasteiger partial charge on any atom is -0.508 e. The molecule has 9 nitrogen and oxygen atoms in total. The van der Waals surface area contributed by atoms with Crippen molar-refractivity contribution in [1.29, 1.82) is 0 Å². The number of phenolic OH excluding ortho intramolecular Hbond substituents is 1. The predicted molar refractivity (Wildman–Crippen MR) is 179 cm³/mol. The van der Waals surface area contributed by atoms with Crippen LogP contribution in [0.4, 0.5) is 5.82 Å². The Kier molecular flexibility index (Phi) is 7.69. The first-order valence-corrected chi connectivity index (χ1v) is 17.0. The van der Waals surface area contributed by atoms with Gasteiger partial charge in [0.25, 0.3) is 0 Å². The molecule has 4 heterocycles. The Labute approximate surface area is 269 Å². The van der Waals surface area contributed by atoms with E-state index in [4.69, 9.17) is 14.7 Å². The molecule has 1 amide bonds. The van der Waals surface area contributed by atoms with E-state index in [2.05, 4.69) is 41.1 Å². The molecular formula is C37H43N5O4. The van der Waals surface area contributed by atoms with E-state index < -0.39 is 0 Å². The number of phenols is 1. The van der Waals surface area contributed by atoms with Crippen molar-refractivity contribution < 1.29 is 19.7 Å². The average molecular weight is 622 g/mol. The Morgan fingerprint density at radius 2 is 1.76 bits per heavy atom. The maximum Gasteiger partial charge on any atom is 0.319 e. The highest BCUT2D eigenvalue weighted by Crippen LogP contribution is 2.41. The van der Waals surface area contributed by atoms with Crippen molar-refractivity contribution in [2.75, 3.05) is 38.2 Å². The third-order valence-corrected chi connectivity index (χ3v) is 11.0. The van der Waals surface area contributed by atoms with Crippen LogP contribution in [0.2, 0.25) is 0 Å². The van der Waals surface area contributed by atoms with Crippen LogP contribution in [-0.2, 0) is 4.79 Å². The number of likely N-dealkylation sites (N-methyl/N-ethyl adjacent to an activating group) is 1. The van der Waals surface area contributed by atoms with Crippen LogP contribution in [0.15, 0.2) is 54.6 Å². The summed E-state index contributed by atoms with van der Waals surface area (Å²) >= 11 is 0. The minimum atomic E-state index is -0.348. The van der Waals surface area contributed by atoms with Crippen LogP contribution >= 0.6 is 0 Å². The summed E-state index contributed by atoms with van der Waals surface area (Å²) in [4.78, 5) is 30.2. The standard InChI is InChI=1S/C37H43N5O4/c1-40-15-5-8-28(40)22-46-37-38-33-17-24(32-19-29(43)16-23-6-2-3-9-30(23)32)11-14-31(33)36(39-37)42-26-12-13-27(42)21-41(20-26)35(45)18-25-7-4-10-34(25)44/h2-3,6,9,11,14,16-17,19,25-28,34,43-44H,4-5,7-8,10,12-13,15,18,20-22H2,1H3/t25?,26-,27+,28-,34?/m0/s1. The molecule has 2 unspecified atom stereocenters. The molecule has 1 aliphatic carbocycles. The van der Waals surface area contributed by atoms with E-state index in [0.29, 0.717) is 38.2 Å². The van der Waals surface area contributed by atoms with E-state index in [-0.39, 0.29) is 35.8 Å². The van der Waals surface area contributed by atoms with Gasteiger partial charge in [-0.3, -0.25) is 4.79 Å². The molecule has 5 atom stereocenters. The van der Waals surface area contributed by atoms with E-state index >= 15 is 0 Å². The highest BCUT2D eigenvalue weighted by atomic mass is 16.5. The second-order valence-corrected chi connectivity index (χ2v) is 13.9. The molecule has 4 aliphatic rings. The van der Waals surface area contributed by atoms with Gasteiger partial charge in [-0.25, -0.2) is 0 Å². The quantitative estimate of drug-likeness (QED) is 0.285. The van der Waals surface area contributed by atoms with E-state index in [1.54, 1.807) is 6.07 Å². The lowest BCUT2D eigenvalue weighted by molar-refractivity contribution is -0.133. The largest absolute Gasteiger partial charge is 0.508 e. The molecular weight excluding hydrogens is 578 g/mol. The van der Waals surface area contributed by atoms with Gasteiger partial charge in [0.1, 0.15) is 18.2 Å². The van der Waals surface area contributed by atoms with Crippen molar-refractivity contribution >= 4 is 33.4 Å². The number of aliphatic hydroxyl groups is 1. The molecule has 46 heavy (non-hydrogen) atoms. The Hall–Kier alpha value is -3.95. The maximum atomic E-state index is 13.4. The number of carbonyl (C=O) groups is 1. The van der Waals surface area contributed by atoms with Gasteiger partial charge in [-0.2, -0.15) is 9.97 Å². The van der Waals surface area contributed by atoms with Crippen LogP contribution in [0.5, 0.6) is 11.8 Å². The Balaban J connectivity index is 1.14. The SMILES string of the molecule is CN1CCC[C@H]1COc1nc(N2[C@@H]3CC[C@H]2CN(C(=O)CC2CCCC2O)C3)c2ccc(-c3cc(O)cc4ccccc34)cc2n1. The summed E-state index contributed by atoms with van der Waals surface area (Å²) in [6, 6.07) is 19.1. The number of fused-ring (bicyclic) bond motifs is 4. The molecule has 3 saturated heterocycles. The van der Waals surface area contributed by atoms with Gasteiger partial charge in [-0.1, -0.05) is 36.8 Å². The molecule has 2 N–H and O–H groups in total. The van der Waals surface area contributed by atoms with Crippen molar-refractivity contribution in [2.45, 2.75) is 75.6 Å². The van der Waals surface area contributed by atoms with Crippen molar-refractivity contribution in [1.82, 2.24) is 19.8 Å². The highest BCUT2D eigenvalue weighted by molar-refractivity contribution is 6.01. The number of aliphatic hydroxyl groups excluding tert-OH is 1. The zero-order valence-corrected chi connectivity index (χ0v) is 26.5. The molecule has 9 heteroatoms. The normalized spacial score (nSPS) is 26.4. The van der Waals surface area contributed by atoms with E-state index in [1.807, 2.05) is 29.2 Å². The number of hydrogen-bond acceptors (Lipinski definition) is 8. The van der Waals surface area contributed by atoms with E-state index in [0.717, 1.165) is 83.7 Å². The molecule has 1 aromatic heterocycles. The number of aromatic hydroxyl groups is 1. The second-order valence-electron chi connectivity index (χ2n) is 13.9. The van der Waals surface area contributed by atoms with Crippen LogP contribution in [0, 0.1) is 5.92 Å². The maximum absolute atomic E-state index is 13.4. The summed E-state index contributed by atoms with van der Waals surface area (Å²) in [5, 5.41) is 23.9. The third kappa shape index (κ3) is 5.43. The van der Waals surface area contributed by atoms with Crippen LogP contribution in [-0.4, -0.2) is 93.4 Å². The first-order valence-electron chi connectivity index (χ1n) is 17.0. The molecule has 1 saturated carbocycles. The second kappa shape index (κ2) is 12.0. The van der Waals surface area contributed by atoms with Gasteiger partial charge in [0.05, 0.1) is 11.6 Å². The van der Waals surface area contributed by atoms with Gasteiger partial charge in [-0.15, -0.1) is 0 Å². The molecule has 2 bridgehead atoms. The van der Waals surface area contributed by atoms with Gasteiger partial charge < -0.3 is 29.6 Å². The van der Waals surface area contributed by atoms with Gasteiger partial charge in [-0.05, 0) is 104 Å². The van der Waals surface area contributed by atoms with Crippen molar-refractivity contribution in [3.8, 4) is 22.9 Å². The van der Waals surface area contributed by atoms with Gasteiger partial charge in [0.15, 0.2) is 0 Å². The molecule has 8 rings (SSSR count). The fourth-order valence-corrected chi connectivity index (χ4v) is 8.48. The van der Waals surface area contributed by atoms with Gasteiger partial charge >= 0.3 is 6.01 Å². The monoisotopic (exact) mass is 621 g/mol. The lowest BCUT2D eigenvalue weighted by Gasteiger charge is -2.42. The molecule has 3 aromatic carbocycles. The zero-order valence-electron chi connectivity index (χ0n) is 26.5. The fourth-order valence-electron chi connectivity index (χ4n) is 8.48. The number of piperazine rings is 1. The Morgan fingerprint density at radius 1 is 0.935 bits per heavy atom. The summed E-state index contributed by atoms with van der Waals surface area (Å²) in [7, 11) is 2.14. The number of nitrogens with zero attached hydrogens (tertiary/aromatic N) is 5. The first kappa shape index (κ1) is 29.5. The molecule has 0 radical (unpaired) electrons. The van der Waals surface area contributed by atoms with Crippen molar-refractivity contribution in [3.05, 3.63) is 54.6 Å². The van der Waals surface area contributed by atoms with E-state index in [9.17, 15) is 15.0 Å². The third-order valence-electron chi connectivity index (χ3n) is 11.0. The molecule has 4 fully saturated rings. The summed E-state index contributed by atoms with van der Waals surface area (Å²) in [6.45, 7) is 2.95. The van der Waals surface area contributed by atoms with Crippen molar-refractivity contribution in [2.24, 2.45) is 5.92 Å². The lowest BCUT2D eigenvalue weighted by Crippen LogP contribution is -2.56. The van der Waals surface area contributed by atoms with Gasteiger partial charge in [0.2, 0.25) is 5.91 Å². The van der Waals surface area contributed by atoms with Crippen molar-refractivity contribution in [3.63, 3.8) is 0 Å². The zero-order chi connectivity index (χ0) is 31.4. The number of anilines is 1. The number of carbonyl (C=O) groups excluding carboxylic acids is 1. The smallest absolute Gasteiger partial charge is 0.319 e. The van der Waals surface area contributed by atoms with E-state index in [1.165, 1.54) is 6.42 Å². The van der Waals surface area contributed by atoms with Crippen LogP contribution in [0.3, 0.4) is 0 Å². The number of ether oxygens (including phenoxy) is 1. The highest BCUT2D eigenvalue weighted by Gasteiger charge is 2.43. The summed E-state index contributed by atoms with van der Waals surface area (Å²) in [5.41, 5.74) is 2.73. The average Bonchev–Trinajstić information content (AvgIpc) is 3.74. The number of hydrogen-bond donors (Lipinski definition) is 2. The Morgan fingerprint density at radius 3 is 2.52 bits per heavy atom. The van der Waals surface area contributed by atoms with Crippen LogP contribution in [0.25, 0.3) is 32.8 Å². The molecule has 0 spiro atoms. The van der Waals surface area contributed by atoms with Crippen LogP contribution < -0.4 is 9.64 Å². The summed E-state index contributed by atoms with van der Waals surface area (Å²) < 4.78 is 6.35.